The highest BCUT2D eigenvalue weighted by Gasteiger charge is 2.08. The van der Waals surface area contributed by atoms with Gasteiger partial charge in [0, 0.05) is 23.0 Å². The third-order valence-corrected chi connectivity index (χ3v) is 3.54. The van der Waals surface area contributed by atoms with E-state index in [0.717, 1.165) is 16.6 Å². The lowest BCUT2D eigenvalue weighted by molar-refractivity contribution is 0.229. The Morgan fingerprint density at radius 3 is 2.89 bits per heavy atom. The average Bonchev–Trinajstić information content (AvgIpc) is 2.32. The van der Waals surface area contributed by atoms with Crippen LogP contribution in [-0.2, 0) is 0 Å². The standard InChI is InChI=1S/C12H20BrN3OS/c1-9(16(2)3)5-6-17-12-11(15-18-4)7-10(13)8-14-12/h7-9,15H,5-6H2,1-4H3. The van der Waals surface area contributed by atoms with Gasteiger partial charge in [-0.05, 0) is 49.4 Å². The van der Waals surface area contributed by atoms with Crippen molar-refractivity contribution in [2.24, 2.45) is 0 Å². The number of pyridine rings is 1. The first kappa shape index (κ1) is 15.6. The third-order valence-electron chi connectivity index (χ3n) is 2.69. The summed E-state index contributed by atoms with van der Waals surface area (Å²) in [6, 6.07) is 2.46. The average molecular weight is 334 g/mol. The molecular formula is C12H20BrN3OS. The van der Waals surface area contributed by atoms with Crippen LogP contribution >= 0.6 is 27.9 Å². The summed E-state index contributed by atoms with van der Waals surface area (Å²) < 4.78 is 9.84. The molecule has 1 rings (SSSR count). The number of hydrogen-bond donors (Lipinski definition) is 1. The van der Waals surface area contributed by atoms with Crippen molar-refractivity contribution >= 4 is 33.6 Å². The van der Waals surface area contributed by atoms with Crippen LogP contribution in [0.2, 0.25) is 0 Å². The smallest absolute Gasteiger partial charge is 0.238 e. The fraction of sp³-hybridized carbons (Fsp3) is 0.583. The molecule has 0 aromatic carbocycles. The van der Waals surface area contributed by atoms with Gasteiger partial charge in [-0.1, -0.05) is 11.9 Å². The highest BCUT2D eigenvalue weighted by Crippen LogP contribution is 2.27. The van der Waals surface area contributed by atoms with Crippen molar-refractivity contribution < 1.29 is 4.74 Å². The van der Waals surface area contributed by atoms with Gasteiger partial charge in [-0.2, -0.15) is 0 Å². The summed E-state index contributed by atoms with van der Waals surface area (Å²) in [5, 5.41) is 0. The lowest BCUT2D eigenvalue weighted by Crippen LogP contribution is -2.26. The zero-order valence-corrected chi connectivity index (χ0v) is 13.6. The van der Waals surface area contributed by atoms with Gasteiger partial charge in [-0.15, -0.1) is 0 Å². The molecule has 1 unspecified atom stereocenters. The summed E-state index contributed by atoms with van der Waals surface area (Å²) in [6.07, 6.45) is 4.69. The van der Waals surface area contributed by atoms with Crippen LogP contribution in [0.4, 0.5) is 5.69 Å². The number of ether oxygens (including phenoxy) is 1. The number of halogens is 1. The molecule has 0 aliphatic carbocycles. The molecule has 102 valence electrons. The molecule has 1 aromatic heterocycles. The molecule has 0 amide bonds. The van der Waals surface area contributed by atoms with E-state index in [4.69, 9.17) is 4.74 Å². The molecule has 0 spiro atoms. The van der Waals surface area contributed by atoms with E-state index in [1.165, 1.54) is 11.9 Å². The lowest BCUT2D eigenvalue weighted by Gasteiger charge is -2.19. The van der Waals surface area contributed by atoms with Crippen LogP contribution in [0, 0.1) is 0 Å². The minimum absolute atomic E-state index is 0.498. The van der Waals surface area contributed by atoms with E-state index in [9.17, 15) is 0 Å². The van der Waals surface area contributed by atoms with Crippen LogP contribution in [0.5, 0.6) is 5.88 Å². The Morgan fingerprint density at radius 1 is 1.56 bits per heavy atom. The Bertz CT molecular complexity index is 376. The number of nitrogens with zero attached hydrogens (tertiary/aromatic N) is 2. The van der Waals surface area contributed by atoms with Gasteiger partial charge in [0.05, 0.1) is 6.61 Å². The quantitative estimate of drug-likeness (QED) is 0.775. The van der Waals surface area contributed by atoms with Crippen LogP contribution in [0.1, 0.15) is 13.3 Å². The lowest BCUT2D eigenvalue weighted by atomic mass is 10.2. The molecule has 4 nitrogen and oxygen atoms in total. The van der Waals surface area contributed by atoms with Crippen molar-refractivity contribution in [1.29, 1.82) is 0 Å². The van der Waals surface area contributed by atoms with E-state index in [1.54, 1.807) is 6.20 Å². The van der Waals surface area contributed by atoms with Crippen molar-refractivity contribution in [3.63, 3.8) is 0 Å². The maximum Gasteiger partial charge on any atom is 0.238 e. The second-order valence-corrected chi connectivity index (χ2v) is 5.79. The predicted molar refractivity (Wildman–Crippen MR) is 82.3 cm³/mol. The van der Waals surface area contributed by atoms with Gasteiger partial charge in [0.1, 0.15) is 5.69 Å². The van der Waals surface area contributed by atoms with Crippen molar-refractivity contribution in [2.75, 3.05) is 31.7 Å². The van der Waals surface area contributed by atoms with Gasteiger partial charge in [-0.3, -0.25) is 0 Å². The molecule has 0 fully saturated rings. The zero-order chi connectivity index (χ0) is 13.5. The summed E-state index contributed by atoms with van der Waals surface area (Å²) in [5.74, 6) is 0.651. The van der Waals surface area contributed by atoms with E-state index < -0.39 is 0 Å². The summed E-state index contributed by atoms with van der Waals surface area (Å²) in [6.45, 7) is 2.84. The van der Waals surface area contributed by atoms with Gasteiger partial charge in [-0.25, -0.2) is 4.98 Å². The fourth-order valence-corrected chi connectivity index (χ4v) is 2.01. The van der Waals surface area contributed by atoms with E-state index in [-0.39, 0.29) is 0 Å². The summed E-state index contributed by atoms with van der Waals surface area (Å²) in [4.78, 5) is 6.46. The van der Waals surface area contributed by atoms with Crippen molar-refractivity contribution in [1.82, 2.24) is 9.88 Å². The Morgan fingerprint density at radius 2 is 2.28 bits per heavy atom. The highest BCUT2D eigenvalue weighted by atomic mass is 79.9. The van der Waals surface area contributed by atoms with Crippen molar-refractivity contribution in [2.45, 2.75) is 19.4 Å². The molecule has 1 atom stereocenters. The maximum absolute atomic E-state index is 5.73. The molecule has 6 heteroatoms. The maximum atomic E-state index is 5.73. The van der Waals surface area contributed by atoms with Gasteiger partial charge >= 0.3 is 0 Å². The number of rotatable bonds is 7. The van der Waals surface area contributed by atoms with Crippen LogP contribution in [0.25, 0.3) is 0 Å². The van der Waals surface area contributed by atoms with E-state index in [1.807, 2.05) is 12.3 Å². The van der Waals surface area contributed by atoms with Crippen molar-refractivity contribution in [3.05, 3.63) is 16.7 Å². The molecule has 1 N–H and O–H groups in total. The molecule has 0 aliphatic rings. The number of anilines is 1. The first-order valence-corrected chi connectivity index (χ1v) is 7.80. The van der Waals surface area contributed by atoms with Crippen LogP contribution in [-0.4, -0.2) is 42.9 Å². The second kappa shape index (κ2) is 7.86. The Labute approximate surface area is 122 Å². The minimum atomic E-state index is 0.498. The van der Waals surface area contributed by atoms with Crippen LogP contribution in [0.15, 0.2) is 16.7 Å². The molecule has 0 saturated heterocycles. The Hall–Kier alpha value is -0.460. The predicted octanol–water partition coefficient (Wildman–Crippen LogP) is 3.25. The van der Waals surface area contributed by atoms with Gasteiger partial charge in [0.25, 0.3) is 0 Å². The molecule has 0 saturated carbocycles. The number of nitrogens with one attached hydrogen (secondary N) is 1. The molecule has 0 aliphatic heterocycles. The monoisotopic (exact) mass is 333 g/mol. The topological polar surface area (TPSA) is 37.4 Å². The van der Waals surface area contributed by atoms with Gasteiger partial charge in [0.15, 0.2) is 0 Å². The Kier molecular flexibility index (Phi) is 6.81. The van der Waals surface area contributed by atoms with Gasteiger partial charge in [0.2, 0.25) is 5.88 Å². The first-order valence-electron chi connectivity index (χ1n) is 5.78. The van der Waals surface area contributed by atoms with Gasteiger partial charge < -0.3 is 14.4 Å². The zero-order valence-electron chi connectivity index (χ0n) is 11.2. The van der Waals surface area contributed by atoms with Crippen LogP contribution in [0.3, 0.4) is 0 Å². The molecule has 0 radical (unpaired) electrons. The van der Waals surface area contributed by atoms with E-state index in [0.29, 0.717) is 18.5 Å². The summed E-state index contributed by atoms with van der Waals surface area (Å²) in [5.41, 5.74) is 0.898. The number of hydrogen-bond acceptors (Lipinski definition) is 5. The minimum Gasteiger partial charge on any atom is -0.476 e. The molecular weight excluding hydrogens is 314 g/mol. The van der Waals surface area contributed by atoms with Crippen LogP contribution < -0.4 is 9.46 Å². The largest absolute Gasteiger partial charge is 0.476 e. The summed E-state index contributed by atoms with van der Waals surface area (Å²) in [7, 11) is 4.15. The highest BCUT2D eigenvalue weighted by molar-refractivity contribution is 9.10. The van der Waals surface area contributed by atoms with Crippen molar-refractivity contribution in [3.8, 4) is 5.88 Å². The van der Waals surface area contributed by atoms with E-state index in [2.05, 4.69) is 51.6 Å². The fourth-order valence-electron chi connectivity index (χ4n) is 1.31. The molecule has 1 heterocycles. The first-order chi connectivity index (χ1) is 8.54. The number of aromatic nitrogens is 1. The molecule has 0 bridgehead atoms. The molecule has 18 heavy (non-hydrogen) atoms. The second-order valence-electron chi connectivity index (χ2n) is 4.26. The normalized spacial score (nSPS) is 12.6. The van der Waals surface area contributed by atoms with E-state index >= 15 is 0 Å². The SMILES string of the molecule is CSNc1cc(Br)cnc1OCCC(C)N(C)C. The third kappa shape index (κ3) is 5.04. The Balaban J connectivity index is 2.55. The summed E-state index contributed by atoms with van der Waals surface area (Å²) >= 11 is 4.93. The molecule has 1 aromatic rings.